The van der Waals surface area contributed by atoms with Crippen LogP contribution in [0.5, 0.6) is 5.75 Å². The van der Waals surface area contributed by atoms with Gasteiger partial charge >= 0.3 is 0 Å². The molecule has 0 unspecified atom stereocenters. The van der Waals surface area contributed by atoms with Crippen molar-refractivity contribution in [2.75, 3.05) is 19.0 Å². The number of hydrogen-bond acceptors (Lipinski definition) is 3. The number of carbonyl (C=O) groups excluding carboxylic acids is 2. The Labute approximate surface area is 152 Å². The lowest BCUT2D eigenvalue weighted by molar-refractivity contribution is -0.126. The quantitative estimate of drug-likeness (QED) is 0.744. The fourth-order valence-corrected chi connectivity index (χ4v) is 2.48. The van der Waals surface area contributed by atoms with E-state index in [2.05, 4.69) is 10.6 Å². The molecule has 0 spiro atoms. The van der Waals surface area contributed by atoms with Crippen LogP contribution < -0.4 is 15.4 Å². The van der Waals surface area contributed by atoms with E-state index in [1.54, 1.807) is 19.2 Å². The summed E-state index contributed by atoms with van der Waals surface area (Å²) in [6.07, 6.45) is 0.433. The van der Waals surface area contributed by atoms with Gasteiger partial charge in [-0.1, -0.05) is 29.8 Å². The Morgan fingerprint density at radius 3 is 2.68 bits per heavy atom. The van der Waals surface area contributed by atoms with Gasteiger partial charge in [-0.25, -0.2) is 0 Å². The first-order chi connectivity index (χ1) is 12.0. The number of hydrogen-bond donors (Lipinski definition) is 2. The molecule has 2 aromatic rings. The van der Waals surface area contributed by atoms with Crippen LogP contribution in [0.3, 0.4) is 0 Å². The first-order valence-corrected chi connectivity index (χ1v) is 8.31. The van der Waals surface area contributed by atoms with Crippen LogP contribution in [0.1, 0.15) is 17.5 Å². The second-order valence-corrected chi connectivity index (χ2v) is 6.07. The Balaban J connectivity index is 1.77. The number of methoxy groups -OCH3 is 1. The minimum atomic E-state index is -0.371. The fourth-order valence-electron chi connectivity index (χ4n) is 2.31. The summed E-state index contributed by atoms with van der Waals surface area (Å²) in [5, 5.41) is 5.98. The molecule has 0 saturated carbocycles. The molecule has 0 aliphatic heterocycles. The van der Waals surface area contributed by atoms with Gasteiger partial charge in [0.1, 0.15) is 12.2 Å². The molecule has 25 heavy (non-hydrogen) atoms. The number of carbonyl (C=O) groups is 2. The third-order valence-electron chi connectivity index (χ3n) is 3.66. The summed E-state index contributed by atoms with van der Waals surface area (Å²) < 4.78 is 5.16. The predicted octanol–water partition coefficient (Wildman–Crippen LogP) is 3.34. The van der Waals surface area contributed by atoms with Crippen LogP contribution in [-0.4, -0.2) is 25.5 Å². The third-order valence-corrected chi connectivity index (χ3v) is 3.90. The van der Waals surface area contributed by atoms with Crippen molar-refractivity contribution in [3.63, 3.8) is 0 Å². The number of aryl methyl sites for hydroxylation is 1. The van der Waals surface area contributed by atoms with E-state index >= 15 is 0 Å². The predicted molar refractivity (Wildman–Crippen MR) is 99.1 cm³/mol. The van der Waals surface area contributed by atoms with Gasteiger partial charge in [0.15, 0.2) is 0 Å². The van der Waals surface area contributed by atoms with Crippen LogP contribution in [0, 0.1) is 6.92 Å². The topological polar surface area (TPSA) is 67.4 Å². The molecule has 132 valence electrons. The molecule has 2 rings (SSSR count). The SMILES string of the molecule is COc1cccc(CCNC(=O)CC(=O)Nc2cc(Cl)ccc2C)c1. The first kappa shape index (κ1) is 18.8. The van der Waals surface area contributed by atoms with Crippen LogP contribution in [0.4, 0.5) is 5.69 Å². The van der Waals surface area contributed by atoms with E-state index < -0.39 is 0 Å². The number of amides is 2. The van der Waals surface area contributed by atoms with E-state index in [0.29, 0.717) is 23.7 Å². The highest BCUT2D eigenvalue weighted by molar-refractivity contribution is 6.31. The Morgan fingerprint density at radius 1 is 1.12 bits per heavy atom. The van der Waals surface area contributed by atoms with Gasteiger partial charge in [0.25, 0.3) is 0 Å². The van der Waals surface area contributed by atoms with Crippen molar-refractivity contribution in [1.29, 1.82) is 0 Å². The first-order valence-electron chi connectivity index (χ1n) is 7.93. The average molecular weight is 361 g/mol. The van der Waals surface area contributed by atoms with Crippen molar-refractivity contribution in [3.05, 3.63) is 58.6 Å². The van der Waals surface area contributed by atoms with Crippen molar-refractivity contribution in [2.24, 2.45) is 0 Å². The second-order valence-electron chi connectivity index (χ2n) is 5.64. The van der Waals surface area contributed by atoms with E-state index in [-0.39, 0.29) is 18.2 Å². The molecule has 0 bridgehead atoms. The zero-order valence-electron chi connectivity index (χ0n) is 14.3. The standard InChI is InChI=1S/C19H21ClN2O3/c1-13-6-7-15(20)11-17(13)22-19(24)12-18(23)21-9-8-14-4-3-5-16(10-14)25-2/h3-7,10-11H,8-9,12H2,1-2H3,(H,21,23)(H,22,24). The summed E-state index contributed by atoms with van der Waals surface area (Å²) in [7, 11) is 1.61. The van der Waals surface area contributed by atoms with E-state index in [1.807, 2.05) is 37.3 Å². The van der Waals surface area contributed by atoms with Crippen LogP contribution in [-0.2, 0) is 16.0 Å². The van der Waals surface area contributed by atoms with Crippen LogP contribution in [0.25, 0.3) is 0 Å². The molecule has 0 aromatic heterocycles. The van der Waals surface area contributed by atoms with Gasteiger partial charge in [-0.05, 0) is 48.7 Å². The highest BCUT2D eigenvalue weighted by Gasteiger charge is 2.11. The lowest BCUT2D eigenvalue weighted by Crippen LogP contribution is -2.29. The van der Waals surface area contributed by atoms with E-state index in [9.17, 15) is 9.59 Å². The Bertz CT molecular complexity index is 762. The summed E-state index contributed by atoms with van der Waals surface area (Å²) in [6, 6.07) is 12.9. The molecule has 0 aliphatic carbocycles. The average Bonchev–Trinajstić information content (AvgIpc) is 2.58. The van der Waals surface area contributed by atoms with Crippen molar-refractivity contribution in [3.8, 4) is 5.75 Å². The van der Waals surface area contributed by atoms with Crippen molar-refractivity contribution in [1.82, 2.24) is 5.32 Å². The number of nitrogens with one attached hydrogen (secondary N) is 2. The molecule has 0 atom stereocenters. The largest absolute Gasteiger partial charge is 0.497 e. The summed E-state index contributed by atoms with van der Waals surface area (Å²) in [5.74, 6) is 0.0874. The van der Waals surface area contributed by atoms with Gasteiger partial charge in [0, 0.05) is 17.3 Å². The molecule has 2 amide bonds. The molecule has 0 heterocycles. The number of rotatable bonds is 7. The normalized spacial score (nSPS) is 10.2. The van der Waals surface area contributed by atoms with Gasteiger partial charge < -0.3 is 15.4 Å². The zero-order valence-corrected chi connectivity index (χ0v) is 15.0. The van der Waals surface area contributed by atoms with E-state index in [4.69, 9.17) is 16.3 Å². The van der Waals surface area contributed by atoms with E-state index in [1.165, 1.54) is 0 Å². The Hall–Kier alpha value is -2.53. The van der Waals surface area contributed by atoms with Gasteiger partial charge in [0.05, 0.1) is 7.11 Å². The van der Waals surface area contributed by atoms with Crippen molar-refractivity contribution < 1.29 is 14.3 Å². The maximum Gasteiger partial charge on any atom is 0.233 e. The minimum absolute atomic E-state index is 0.232. The molecule has 0 radical (unpaired) electrons. The second kappa shape index (κ2) is 9.08. The number of anilines is 1. The maximum absolute atomic E-state index is 12.0. The smallest absolute Gasteiger partial charge is 0.233 e. The van der Waals surface area contributed by atoms with Crippen LogP contribution in [0.15, 0.2) is 42.5 Å². The molecular weight excluding hydrogens is 340 g/mol. The van der Waals surface area contributed by atoms with Gasteiger partial charge in [-0.2, -0.15) is 0 Å². The monoisotopic (exact) mass is 360 g/mol. The summed E-state index contributed by atoms with van der Waals surface area (Å²) >= 11 is 5.91. The lowest BCUT2D eigenvalue weighted by atomic mass is 10.1. The Morgan fingerprint density at radius 2 is 1.92 bits per heavy atom. The molecule has 6 heteroatoms. The van der Waals surface area contributed by atoms with Gasteiger partial charge in [-0.15, -0.1) is 0 Å². The number of halogens is 1. The van der Waals surface area contributed by atoms with Crippen LogP contribution in [0.2, 0.25) is 5.02 Å². The maximum atomic E-state index is 12.0. The van der Waals surface area contributed by atoms with Gasteiger partial charge in [0.2, 0.25) is 11.8 Å². The summed E-state index contributed by atoms with van der Waals surface area (Å²) in [4.78, 5) is 23.9. The van der Waals surface area contributed by atoms with Crippen molar-refractivity contribution in [2.45, 2.75) is 19.8 Å². The number of ether oxygens (including phenoxy) is 1. The summed E-state index contributed by atoms with van der Waals surface area (Å²) in [6.45, 7) is 2.32. The van der Waals surface area contributed by atoms with Crippen LogP contribution >= 0.6 is 11.6 Å². The molecule has 5 nitrogen and oxygen atoms in total. The van der Waals surface area contributed by atoms with Gasteiger partial charge in [-0.3, -0.25) is 9.59 Å². The molecular formula is C19H21ClN2O3. The minimum Gasteiger partial charge on any atom is -0.497 e. The molecule has 2 aromatic carbocycles. The summed E-state index contributed by atoms with van der Waals surface area (Å²) in [5.41, 5.74) is 2.55. The Kier molecular flexibility index (Phi) is 6.83. The zero-order chi connectivity index (χ0) is 18.2. The third kappa shape index (κ3) is 6.12. The molecule has 0 saturated heterocycles. The number of benzene rings is 2. The van der Waals surface area contributed by atoms with E-state index in [0.717, 1.165) is 16.9 Å². The molecule has 0 fully saturated rings. The molecule has 2 N–H and O–H groups in total. The molecule has 0 aliphatic rings. The van der Waals surface area contributed by atoms with Crippen molar-refractivity contribution >= 4 is 29.1 Å². The highest BCUT2D eigenvalue weighted by atomic mass is 35.5. The highest BCUT2D eigenvalue weighted by Crippen LogP contribution is 2.20. The lowest BCUT2D eigenvalue weighted by Gasteiger charge is -2.09. The fraction of sp³-hybridized carbons (Fsp3) is 0.263.